The molecule has 1 saturated heterocycles. The van der Waals surface area contributed by atoms with Gasteiger partial charge in [0.2, 0.25) is 5.91 Å². The first-order chi connectivity index (χ1) is 6.81. The van der Waals surface area contributed by atoms with Gasteiger partial charge in [0.05, 0.1) is 0 Å². The van der Waals surface area contributed by atoms with E-state index in [0.29, 0.717) is 17.9 Å². The summed E-state index contributed by atoms with van der Waals surface area (Å²) in [6.45, 7) is 1.88. The topological polar surface area (TPSA) is 32.3 Å². The number of likely N-dealkylation sites (N-methyl/N-ethyl adjacent to an activating group) is 1. The first kappa shape index (κ1) is 12.8. The standard InChI is InChI=1S/C11H20N2O.ClH/c1-12-10-6-7-13(8-10)11(14)9-4-2-3-5-9;/h9-10,12H,2-8H2,1H3;1H/t10-;/m0./s1. The number of rotatable bonds is 2. The van der Waals surface area contributed by atoms with Crippen LogP contribution in [0, 0.1) is 5.92 Å². The number of carbonyl (C=O) groups is 1. The normalized spacial score (nSPS) is 26.7. The van der Waals surface area contributed by atoms with Gasteiger partial charge in [-0.15, -0.1) is 12.4 Å². The van der Waals surface area contributed by atoms with Crippen LogP contribution in [0.2, 0.25) is 0 Å². The van der Waals surface area contributed by atoms with Crippen LogP contribution >= 0.6 is 12.4 Å². The number of hydrogen-bond acceptors (Lipinski definition) is 2. The Morgan fingerprint density at radius 2 is 1.93 bits per heavy atom. The molecule has 0 aromatic rings. The third-order valence-electron chi connectivity index (χ3n) is 3.61. The van der Waals surface area contributed by atoms with Gasteiger partial charge in [-0.2, -0.15) is 0 Å². The van der Waals surface area contributed by atoms with E-state index >= 15 is 0 Å². The molecule has 0 radical (unpaired) electrons. The fraction of sp³-hybridized carbons (Fsp3) is 0.909. The van der Waals surface area contributed by atoms with E-state index in [9.17, 15) is 4.79 Å². The Morgan fingerprint density at radius 3 is 2.47 bits per heavy atom. The molecule has 0 aromatic heterocycles. The van der Waals surface area contributed by atoms with Crippen molar-refractivity contribution in [2.45, 2.75) is 38.1 Å². The second-order valence-corrected chi connectivity index (χ2v) is 4.54. The maximum Gasteiger partial charge on any atom is 0.225 e. The molecule has 2 fully saturated rings. The molecule has 15 heavy (non-hydrogen) atoms. The molecule has 1 N–H and O–H groups in total. The summed E-state index contributed by atoms with van der Waals surface area (Å²) in [6.07, 6.45) is 5.87. The SMILES string of the molecule is CN[C@H]1CCN(C(=O)C2CCCC2)C1.Cl. The van der Waals surface area contributed by atoms with Crippen LogP contribution in [0.4, 0.5) is 0 Å². The molecule has 1 heterocycles. The molecule has 2 aliphatic rings. The minimum atomic E-state index is 0. The van der Waals surface area contributed by atoms with Crippen molar-refractivity contribution in [3.8, 4) is 0 Å². The Bertz CT molecular complexity index is 217. The molecule has 1 atom stereocenters. The van der Waals surface area contributed by atoms with Gasteiger partial charge in [-0.05, 0) is 26.3 Å². The van der Waals surface area contributed by atoms with Gasteiger partial charge in [0.15, 0.2) is 0 Å². The van der Waals surface area contributed by atoms with E-state index in [1.54, 1.807) is 0 Å². The molecular weight excluding hydrogens is 212 g/mol. The van der Waals surface area contributed by atoms with Crippen molar-refractivity contribution < 1.29 is 4.79 Å². The summed E-state index contributed by atoms with van der Waals surface area (Å²) in [5.74, 6) is 0.769. The van der Waals surface area contributed by atoms with Gasteiger partial charge in [-0.3, -0.25) is 4.79 Å². The minimum Gasteiger partial charge on any atom is -0.341 e. The number of carbonyl (C=O) groups excluding carboxylic acids is 1. The lowest BCUT2D eigenvalue weighted by atomic mass is 10.1. The number of likely N-dealkylation sites (tertiary alicyclic amines) is 1. The van der Waals surface area contributed by atoms with Crippen LogP contribution in [0.1, 0.15) is 32.1 Å². The van der Waals surface area contributed by atoms with Gasteiger partial charge in [0.1, 0.15) is 0 Å². The summed E-state index contributed by atoms with van der Waals surface area (Å²) in [6, 6.07) is 0.528. The van der Waals surface area contributed by atoms with E-state index in [4.69, 9.17) is 0 Å². The van der Waals surface area contributed by atoms with Crippen molar-refractivity contribution in [1.82, 2.24) is 10.2 Å². The van der Waals surface area contributed by atoms with Crippen molar-refractivity contribution in [1.29, 1.82) is 0 Å². The maximum atomic E-state index is 12.0. The fourth-order valence-corrected chi connectivity index (χ4v) is 2.63. The highest BCUT2D eigenvalue weighted by atomic mass is 35.5. The lowest BCUT2D eigenvalue weighted by molar-refractivity contribution is -0.134. The van der Waals surface area contributed by atoms with Crippen molar-refractivity contribution in [3.05, 3.63) is 0 Å². The highest BCUT2D eigenvalue weighted by Gasteiger charge is 2.31. The molecule has 1 saturated carbocycles. The predicted octanol–water partition coefficient (Wildman–Crippen LogP) is 1.42. The Labute approximate surface area is 98.0 Å². The first-order valence-electron chi connectivity index (χ1n) is 5.77. The van der Waals surface area contributed by atoms with Gasteiger partial charge in [0, 0.05) is 25.0 Å². The third-order valence-corrected chi connectivity index (χ3v) is 3.61. The molecule has 0 aromatic carbocycles. The average molecular weight is 233 g/mol. The van der Waals surface area contributed by atoms with Crippen LogP contribution in [-0.4, -0.2) is 37.0 Å². The number of halogens is 1. The van der Waals surface area contributed by atoms with Crippen molar-refractivity contribution >= 4 is 18.3 Å². The van der Waals surface area contributed by atoms with Crippen LogP contribution < -0.4 is 5.32 Å². The summed E-state index contributed by atoms with van der Waals surface area (Å²) in [7, 11) is 1.98. The molecule has 0 spiro atoms. The van der Waals surface area contributed by atoms with Gasteiger partial charge < -0.3 is 10.2 Å². The fourth-order valence-electron chi connectivity index (χ4n) is 2.63. The second-order valence-electron chi connectivity index (χ2n) is 4.54. The number of hydrogen-bond donors (Lipinski definition) is 1. The van der Waals surface area contributed by atoms with E-state index in [1.807, 2.05) is 7.05 Å². The average Bonchev–Trinajstić information content (AvgIpc) is 2.88. The molecule has 0 unspecified atom stereocenters. The Kier molecular flexibility index (Phi) is 4.87. The Balaban J connectivity index is 0.00000112. The molecular formula is C11H21ClN2O. The van der Waals surface area contributed by atoms with E-state index in [-0.39, 0.29) is 12.4 Å². The molecule has 1 aliphatic carbocycles. The molecule has 4 heteroatoms. The summed E-state index contributed by atoms with van der Waals surface area (Å²) in [5, 5.41) is 3.25. The van der Waals surface area contributed by atoms with Crippen LogP contribution in [0.5, 0.6) is 0 Å². The molecule has 88 valence electrons. The van der Waals surface area contributed by atoms with Crippen LogP contribution in [-0.2, 0) is 4.79 Å². The number of nitrogens with one attached hydrogen (secondary N) is 1. The zero-order valence-electron chi connectivity index (χ0n) is 9.37. The van der Waals surface area contributed by atoms with Gasteiger partial charge in [-0.1, -0.05) is 12.8 Å². The van der Waals surface area contributed by atoms with Crippen molar-refractivity contribution in [3.63, 3.8) is 0 Å². The zero-order valence-corrected chi connectivity index (χ0v) is 10.2. The largest absolute Gasteiger partial charge is 0.341 e. The van der Waals surface area contributed by atoms with Gasteiger partial charge >= 0.3 is 0 Å². The van der Waals surface area contributed by atoms with Gasteiger partial charge in [0.25, 0.3) is 0 Å². The quantitative estimate of drug-likeness (QED) is 0.781. The smallest absolute Gasteiger partial charge is 0.225 e. The summed E-state index contributed by atoms with van der Waals surface area (Å²) in [5.41, 5.74) is 0. The second kappa shape index (κ2) is 5.71. The Morgan fingerprint density at radius 1 is 1.27 bits per heavy atom. The van der Waals surface area contributed by atoms with E-state index in [0.717, 1.165) is 32.4 Å². The van der Waals surface area contributed by atoms with Crippen molar-refractivity contribution in [2.24, 2.45) is 5.92 Å². The number of nitrogens with zero attached hydrogens (tertiary/aromatic N) is 1. The van der Waals surface area contributed by atoms with Crippen LogP contribution in [0.3, 0.4) is 0 Å². The van der Waals surface area contributed by atoms with E-state index in [2.05, 4.69) is 10.2 Å². The molecule has 2 rings (SSSR count). The third kappa shape index (κ3) is 2.85. The molecule has 3 nitrogen and oxygen atoms in total. The van der Waals surface area contributed by atoms with Crippen molar-refractivity contribution in [2.75, 3.05) is 20.1 Å². The minimum absolute atomic E-state index is 0. The zero-order chi connectivity index (χ0) is 9.97. The lowest BCUT2D eigenvalue weighted by Gasteiger charge is -2.20. The van der Waals surface area contributed by atoms with Crippen LogP contribution in [0.25, 0.3) is 0 Å². The monoisotopic (exact) mass is 232 g/mol. The van der Waals surface area contributed by atoms with Gasteiger partial charge in [-0.25, -0.2) is 0 Å². The molecule has 0 bridgehead atoms. The highest BCUT2D eigenvalue weighted by Crippen LogP contribution is 2.27. The molecule has 1 amide bonds. The predicted molar refractivity (Wildman–Crippen MR) is 63.3 cm³/mol. The van der Waals surface area contributed by atoms with Crippen LogP contribution in [0.15, 0.2) is 0 Å². The first-order valence-corrected chi connectivity index (χ1v) is 5.77. The summed E-state index contributed by atoms with van der Waals surface area (Å²) < 4.78 is 0. The highest BCUT2D eigenvalue weighted by molar-refractivity contribution is 5.85. The lowest BCUT2D eigenvalue weighted by Crippen LogP contribution is -2.36. The number of amides is 1. The maximum absolute atomic E-state index is 12.0. The summed E-state index contributed by atoms with van der Waals surface area (Å²) >= 11 is 0. The van der Waals surface area contributed by atoms with E-state index in [1.165, 1.54) is 12.8 Å². The summed E-state index contributed by atoms with van der Waals surface area (Å²) in [4.78, 5) is 14.1. The molecule has 1 aliphatic heterocycles. The Hall–Kier alpha value is -0.280. The van der Waals surface area contributed by atoms with E-state index < -0.39 is 0 Å².